The number of aromatic nitrogens is 1. The number of benzene rings is 1. The smallest absolute Gasteiger partial charge is 0.248 e. The van der Waals surface area contributed by atoms with Gasteiger partial charge in [0.25, 0.3) is 0 Å². The number of aryl methyl sites for hydroxylation is 2. The van der Waals surface area contributed by atoms with Gasteiger partial charge < -0.3 is 4.52 Å². The predicted octanol–water partition coefficient (Wildman–Crippen LogP) is 3.40. The fraction of sp³-hybridized carbons (Fsp3) is 0.500. The van der Waals surface area contributed by atoms with E-state index < -0.39 is 10.0 Å². The molecular formula is C18H24ClN3O3S. The quantitative estimate of drug-likeness (QED) is 0.790. The van der Waals surface area contributed by atoms with Crippen LogP contribution >= 0.6 is 11.6 Å². The molecule has 2 heterocycles. The van der Waals surface area contributed by atoms with E-state index in [2.05, 4.69) is 23.0 Å². The first-order valence-corrected chi connectivity index (χ1v) is 10.5. The average Bonchev–Trinajstić information content (AvgIpc) is 2.81. The Morgan fingerprint density at radius 2 is 1.96 bits per heavy atom. The third-order valence-corrected chi connectivity index (χ3v) is 7.31. The molecule has 2 aromatic rings. The second-order valence-corrected chi connectivity index (χ2v) is 8.99. The van der Waals surface area contributed by atoms with Crippen molar-refractivity contribution < 1.29 is 12.9 Å². The molecule has 0 N–H and O–H groups in total. The van der Waals surface area contributed by atoms with Crippen LogP contribution in [0.15, 0.2) is 33.7 Å². The summed E-state index contributed by atoms with van der Waals surface area (Å²) in [6.45, 7) is 7.86. The summed E-state index contributed by atoms with van der Waals surface area (Å²) in [5, 5.41) is 4.50. The molecule has 0 aliphatic carbocycles. The van der Waals surface area contributed by atoms with E-state index in [1.165, 1.54) is 0 Å². The average molecular weight is 398 g/mol. The Morgan fingerprint density at radius 3 is 2.62 bits per heavy atom. The summed E-state index contributed by atoms with van der Waals surface area (Å²) in [6.07, 6.45) is 0.771. The third-order valence-electron chi connectivity index (χ3n) is 4.93. The van der Waals surface area contributed by atoms with Crippen LogP contribution in [0.4, 0.5) is 0 Å². The number of nitrogens with zero attached hydrogens (tertiary/aromatic N) is 3. The molecule has 1 aromatic carbocycles. The molecule has 0 spiro atoms. The van der Waals surface area contributed by atoms with Crippen molar-refractivity contribution in [2.75, 3.05) is 26.2 Å². The maximum Gasteiger partial charge on any atom is 0.248 e. The molecule has 0 bridgehead atoms. The fourth-order valence-corrected chi connectivity index (χ4v) is 5.45. The normalized spacial score (nSPS) is 18.6. The molecule has 1 fully saturated rings. The first-order valence-electron chi connectivity index (χ1n) is 8.73. The van der Waals surface area contributed by atoms with Gasteiger partial charge in [0.05, 0.1) is 0 Å². The van der Waals surface area contributed by atoms with Crippen molar-refractivity contribution in [3.63, 3.8) is 0 Å². The van der Waals surface area contributed by atoms with Crippen LogP contribution in [0.2, 0.25) is 5.02 Å². The molecule has 1 aliphatic rings. The van der Waals surface area contributed by atoms with E-state index in [9.17, 15) is 8.42 Å². The van der Waals surface area contributed by atoms with Crippen molar-refractivity contribution >= 4 is 21.6 Å². The maximum atomic E-state index is 13.0. The van der Waals surface area contributed by atoms with Gasteiger partial charge in [0.15, 0.2) is 5.76 Å². The molecule has 3 rings (SSSR count). The Morgan fingerprint density at radius 1 is 1.19 bits per heavy atom. The molecule has 142 valence electrons. The Kier molecular flexibility index (Phi) is 5.72. The lowest BCUT2D eigenvalue weighted by Gasteiger charge is -2.28. The minimum absolute atomic E-state index is 0.176. The van der Waals surface area contributed by atoms with Crippen LogP contribution in [0.1, 0.15) is 36.4 Å². The maximum absolute atomic E-state index is 13.0. The minimum Gasteiger partial charge on any atom is -0.360 e. The Bertz CT molecular complexity index is 862. The highest BCUT2D eigenvalue weighted by molar-refractivity contribution is 7.89. The largest absolute Gasteiger partial charge is 0.360 e. The number of hydrogen-bond acceptors (Lipinski definition) is 5. The van der Waals surface area contributed by atoms with Gasteiger partial charge in [-0.15, -0.1) is 0 Å². The second kappa shape index (κ2) is 7.68. The molecule has 0 saturated carbocycles. The van der Waals surface area contributed by atoms with Gasteiger partial charge in [-0.2, -0.15) is 4.31 Å². The van der Waals surface area contributed by atoms with Gasteiger partial charge in [0.1, 0.15) is 10.6 Å². The topological polar surface area (TPSA) is 66.7 Å². The van der Waals surface area contributed by atoms with Crippen LogP contribution in [0.3, 0.4) is 0 Å². The standard InChI is InChI=1S/C18H24ClN3O3S/c1-13-18(15(3)25-20-13)26(23,24)22-9-5-8-21(10-11-22)14(2)16-6-4-7-17(19)12-16/h4,6-7,12,14H,5,8-11H2,1-3H3. The highest BCUT2D eigenvalue weighted by atomic mass is 35.5. The molecule has 1 aromatic heterocycles. The van der Waals surface area contributed by atoms with E-state index in [0.717, 1.165) is 18.5 Å². The highest BCUT2D eigenvalue weighted by Gasteiger charge is 2.32. The summed E-state index contributed by atoms with van der Waals surface area (Å²) in [5.41, 5.74) is 1.55. The zero-order chi connectivity index (χ0) is 18.9. The van der Waals surface area contributed by atoms with Gasteiger partial charge >= 0.3 is 0 Å². The van der Waals surface area contributed by atoms with Crippen molar-refractivity contribution in [3.8, 4) is 0 Å². The zero-order valence-electron chi connectivity index (χ0n) is 15.3. The van der Waals surface area contributed by atoms with Crippen LogP contribution in [-0.2, 0) is 10.0 Å². The molecule has 1 saturated heterocycles. The lowest BCUT2D eigenvalue weighted by Crippen LogP contribution is -2.36. The van der Waals surface area contributed by atoms with Gasteiger partial charge in [0.2, 0.25) is 10.0 Å². The minimum atomic E-state index is -3.59. The lowest BCUT2D eigenvalue weighted by molar-refractivity contribution is 0.221. The van der Waals surface area contributed by atoms with Crippen molar-refractivity contribution in [2.24, 2.45) is 0 Å². The Labute approximate surface area is 159 Å². The number of rotatable bonds is 4. The van der Waals surface area contributed by atoms with E-state index >= 15 is 0 Å². The first-order chi connectivity index (χ1) is 12.3. The summed E-state index contributed by atoms with van der Waals surface area (Å²) in [7, 11) is -3.59. The SMILES string of the molecule is Cc1noc(C)c1S(=O)(=O)N1CCCN(C(C)c2cccc(Cl)c2)CC1. The van der Waals surface area contributed by atoms with Crippen molar-refractivity contribution in [3.05, 3.63) is 46.3 Å². The van der Waals surface area contributed by atoms with Gasteiger partial charge in [0, 0.05) is 37.2 Å². The van der Waals surface area contributed by atoms with Crippen LogP contribution in [0.25, 0.3) is 0 Å². The van der Waals surface area contributed by atoms with Crippen LogP contribution in [-0.4, -0.2) is 49.0 Å². The summed E-state index contributed by atoms with van der Waals surface area (Å²) in [4.78, 5) is 2.50. The Hall–Kier alpha value is -1.41. The molecule has 0 radical (unpaired) electrons. The number of hydrogen-bond donors (Lipinski definition) is 0. The molecular weight excluding hydrogens is 374 g/mol. The summed E-state index contributed by atoms with van der Waals surface area (Å²) in [5.74, 6) is 0.343. The molecule has 8 heteroatoms. The molecule has 1 unspecified atom stereocenters. The van der Waals surface area contributed by atoms with Gasteiger partial charge in [-0.25, -0.2) is 8.42 Å². The second-order valence-electron chi connectivity index (χ2n) is 6.68. The monoisotopic (exact) mass is 397 g/mol. The van der Waals surface area contributed by atoms with Crippen LogP contribution in [0, 0.1) is 13.8 Å². The third kappa shape index (κ3) is 3.81. The molecule has 0 amide bonds. The van der Waals surface area contributed by atoms with E-state index in [-0.39, 0.29) is 10.9 Å². The predicted molar refractivity (Wildman–Crippen MR) is 101 cm³/mol. The summed E-state index contributed by atoms with van der Waals surface area (Å²) < 4.78 is 32.6. The van der Waals surface area contributed by atoms with Crippen molar-refractivity contribution in [1.82, 2.24) is 14.4 Å². The summed E-state index contributed by atoms with van der Waals surface area (Å²) in [6, 6.07) is 8.00. The van der Waals surface area contributed by atoms with E-state index in [4.69, 9.17) is 16.1 Å². The highest BCUT2D eigenvalue weighted by Crippen LogP contribution is 2.27. The van der Waals surface area contributed by atoms with Crippen molar-refractivity contribution in [1.29, 1.82) is 0 Å². The Balaban J connectivity index is 1.76. The number of sulfonamides is 1. The molecule has 26 heavy (non-hydrogen) atoms. The van der Waals surface area contributed by atoms with Gasteiger partial charge in [-0.1, -0.05) is 28.9 Å². The molecule has 1 aliphatic heterocycles. The van der Waals surface area contributed by atoms with E-state index in [1.807, 2.05) is 18.2 Å². The molecule has 1 atom stereocenters. The zero-order valence-corrected chi connectivity index (χ0v) is 16.8. The van der Waals surface area contributed by atoms with Gasteiger partial charge in [-0.3, -0.25) is 4.90 Å². The van der Waals surface area contributed by atoms with Crippen LogP contribution < -0.4 is 0 Å². The van der Waals surface area contributed by atoms with Crippen LogP contribution in [0.5, 0.6) is 0 Å². The van der Waals surface area contributed by atoms with E-state index in [1.54, 1.807) is 18.2 Å². The lowest BCUT2D eigenvalue weighted by atomic mass is 10.1. The molecule has 6 nitrogen and oxygen atoms in total. The van der Waals surface area contributed by atoms with E-state index in [0.29, 0.717) is 36.1 Å². The summed E-state index contributed by atoms with van der Waals surface area (Å²) >= 11 is 6.11. The fourth-order valence-electron chi connectivity index (χ4n) is 3.49. The first kappa shape index (κ1) is 19.4. The van der Waals surface area contributed by atoms with Gasteiger partial charge in [-0.05, 0) is 44.9 Å². The number of halogens is 1. The van der Waals surface area contributed by atoms with Crippen molar-refractivity contribution in [2.45, 2.75) is 38.1 Å².